The van der Waals surface area contributed by atoms with Gasteiger partial charge < -0.3 is 4.90 Å². The van der Waals surface area contributed by atoms with Crippen LogP contribution in [0.1, 0.15) is 18.5 Å². The van der Waals surface area contributed by atoms with Crippen LogP contribution in [0, 0.1) is 6.92 Å². The highest BCUT2D eigenvalue weighted by Crippen LogP contribution is 2.34. The van der Waals surface area contributed by atoms with Crippen LogP contribution in [0.4, 0.5) is 5.69 Å². The molecule has 1 aliphatic rings. The number of fused-ring (bicyclic) bond motifs is 2. The van der Waals surface area contributed by atoms with E-state index >= 15 is 0 Å². The first kappa shape index (κ1) is 15.4. The standard InChI is InChI=1S/C24H22N2/c1-17-15-24(26-13-4-5-14-26)22-12-11-19(16-23(22)25-17)21-10-6-8-18-7-2-3-9-20(18)21/h2-3,6-12,15-16H,4-5,13-14H2,1H3. The first-order valence-corrected chi connectivity index (χ1v) is 9.44. The molecule has 0 amide bonds. The van der Waals surface area contributed by atoms with E-state index in [9.17, 15) is 0 Å². The van der Waals surface area contributed by atoms with Gasteiger partial charge in [-0.25, -0.2) is 0 Å². The van der Waals surface area contributed by atoms with Crippen LogP contribution in [-0.4, -0.2) is 18.1 Å². The van der Waals surface area contributed by atoms with Gasteiger partial charge in [0.05, 0.1) is 5.52 Å². The monoisotopic (exact) mass is 338 g/mol. The summed E-state index contributed by atoms with van der Waals surface area (Å²) in [6.45, 7) is 4.41. The van der Waals surface area contributed by atoms with Crippen molar-refractivity contribution in [3.8, 4) is 11.1 Å². The number of hydrogen-bond donors (Lipinski definition) is 0. The van der Waals surface area contributed by atoms with Gasteiger partial charge in [0.1, 0.15) is 0 Å². The van der Waals surface area contributed by atoms with Crippen molar-refractivity contribution in [2.24, 2.45) is 0 Å². The fourth-order valence-electron chi connectivity index (χ4n) is 4.20. The zero-order valence-electron chi connectivity index (χ0n) is 15.1. The second-order valence-electron chi connectivity index (χ2n) is 7.24. The Hall–Kier alpha value is -2.87. The van der Waals surface area contributed by atoms with E-state index < -0.39 is 0 Å². The van der Waals surface area contributed by atoms with E-state index in [0.717, 1.165) is 24.3 Å². The molecular formula is C24H22N2. The van der Waals surface area contributed by atoms with Gasteiger partial charge in [-0.2, -0.15) is 0 Å². The first-order valence-electron chi connectivity index (χ1n) is 9.44. The molecule has 26 heavy (non-hydrogen) atoms. The smallest absolute Gasteiger partial charge is 0.0732 e. The molecule has 0 saturated carbocycles. The quantitative estimate of drug-likeness (QED) is 0.448. The molecule has 128 valence electrons. The van der Waals surface area contributed by atoms with E-state index in [4.69, 9.17) is 4.98 Å². The molecule has 1 saturated heterocycles. The van der Waals surface area contributed by atoms with Crippen LogP contribution in [0.3, 0.4) is 0 Å². The van der Waals surface area contributed by atoms with Gasteiger partial charge in [0.2, 0.25) is 0 Å². The normalized spacial score (nSPS) is 14.4. The molecule has 2 heteroatoms. The highest BCUT2D eigenvalue weighted by atomic mass is 15.1. The van der Waals surface area contributed by atoms with Crippen LogP contribution < -0.4 is 4.90 Å². The Kier molecular flexibility index (Phi) is 3.63. The van der Waals surface area contributed by atoms with Crippen LogP contribution in [0.2, 0.25) is 0 Å². The Balaban J connectivity index is 1.71. The Morgan fingerprint density at radius 3 is 2.50 bits per heavy atom. The topological polar surface area (TPSA) is 16.1 Å². The molecule has 1 aromatic heterocycles. The predicted molar refractivity (Wildman–Crippen MR) is 111 cm³/mol. The maximum absolute atomic E-state index is 4.85. The zero-order valence-corrected chi connectivity index (χ0v) is 15.1. The molecule has 0 radical (unpaired) electrons. The molecule has 2 heterocycles. The van der Waals surface area contributed by atoms with Crippen LogP contribution >= 0.6 is 0 Å². The Bertz CT molecular complexity index is 1100. The molecule has 0 aliphatic carbocycles. The predicted octanol–water partition coefficient (Wildman–Crippen LogP) is 5.96. The lowest BCUT2D eigenvalue weighted by molar-refractivity contribution is 0.949. The molecule has 2 nitrogen and oxygen atoms in total. The van der Waals surface area contributed by atoms with E-state index in [0.29, 0.717) is 0 Å². The minimum atomic E-state index is 1.09. The SMILES string of the molecule is Cc1cc(N2CCCC2)c2ccc(-c3cccc4ccccc34)cc2n1. The summed E-state index contributed by atoms with van der Waals surface area (Å²) in [5.41, 5.74) is 6.04. The fraction of sp³-hybridized carbons (Fsp3) is 0.208. The summed E-state index contributed by atoms with van der Waals surface area (Å²) in [7, 11) is 0. The van der Waals surface area contributed by atoms with Gasteiger partial charge in [0, 0.05) is 29.9 Å². The molecule has 0 spiro atoms. The van der Waals surface area contributed by atoms with E-state index in [1.807, 2.05) is 0 Å². The van der Waals surface area contributed by atoms with Crippen molar-refractivity contribution in [1.82, 2.24) is 4.98 Å². The molecule has 1 aliphatic heterocycles. The van der Waals surface area contributed by atoms with Gasteiger partial charge in [-0.15, -0.1) is 0 Å². The van der Waals surface area contributed by atoms with Crippen LogP contribution in [0.15, 0.2) is 66.7 Å². The number of nitrogens with zero attached hydrogens (tertiary/aromatic N) is 2. The molecule has 0 atom stereocenters. The third-order valence-electron chi connectivity index (χ3n) is 5.46. The highest BCUT2D eigenvalue weighted by molar-refractivity contribution is 6.00. The molecule has 5 rings (SSSR count). The number of hydrogen-bond acceptors (Lipinski definition) is 2. The van der Waals surface area contributed by atoms with Gasteiger partial charge in [-0.05, 0) is 53.8 Å². The number of aromatic nitrogens is 1. The summed E-state index contributed by atoms with van der Waals surface area (Å²) in [5.74, 6) is 0. The van der Waals surface area contributed by atoms with Crippen LogP contribution in [-0.2, 0) is 0 Å². The fourth-order valence-corrected chi connectivity index (χ4v) is 4.20. The average Bonchev–Trinajstić information content (AvgIpc) is 3.21. The van der Waals surface area contributed by atoms with Crippen molar-refractivity contribution in [2.45, 2.75) is 19.8 Å². The van der Waals surface area contributed by atoms with Crippen LogP contribution in [0.25, 0.3) is 32.8 Å². The molecule has 0 bridgehead atoms. The summed E-state index contributed by atoms with van der Waals surface area (Å²) < 4.78 is 0. The largest absolute Gasteiger partial charge is 0.371 e. The second kappa shape index (κ2) is 6.14. The van der Waals surface area contributed by atoms with Crippen molar-refractivity contribution in [3.05, 3.63) is 72.4 Å². The van der Waals surface area contributed by atoms with Crippen molar-refractivity contribution in [3.63, 3.8) is 0 Å². The number of rotatable bonds is 2. The third kappa shape index (κ3) is 2.53. The summed E-state index contributed by atoms with van der Waals surface area (Å²) >= 11 is 0. The van der Waals surface area contributed by atoms with E-state index in [1.54, 1.807) is 0 Å². The van der Waals surface area contributed by atoms with E-state index in [2.05, 4.69) is 78.6 Å². The zero-order chi connectivity index (χ0) is 17.5. The van der Waals surface area contributed by atoms with Crippen molar-refractivity contribution >= 4 is 27.4 Å². The number of pyridine rings is 1. The Morgan fingerprint density at radius 1 is 0.808 bits per heavy atom. The minimum Gasteiger partial charge on any atom is -0.371 e. The molecule has 1 fully saturated rings. The first-order chi connectivity index (χ1) is 12.8. The van der Waals surface area contributed by atoms with Gasteiger partial charge in [-0.1, -0.05) is 54.6 Å². The molecule has 4 aromatic rings. The van der Waals surface area contributed by atoms with Gasteiger partial charge >= 0.3 is 0 Å². The lowest BCUT2D eigenvalue weighted by Crippen LogP contribution is -2.18. The van der Waals surface area contributed by atoms with Crippen molar-refractivity contribution in [1.29, 1.82) is 0 Å². The third-order valence-corrected chi connectivity index (χ3v) is 5.46. The Morgan fingerprint density at radius 2 is 1.62 bits per heavy atom. The van der Waals surface area contributed by atoms with Gasteiger partial charge in [0.15, 0.2) is 0 Å². The highest BCUT2D eigenvalue weighted by Gasteiger charge is 2.16. The average molecular weight is 338 g/mol. The lowest BCUT2D eigenvalue weighted by atomic mass is 9.97. The van der Waals surface area contributed by atoms with E-state index in [-0.39, 0.29) is 0 Å². The maximum atomic E-state index is 4.85. The minimum absolute atomic E-state index is 1.09. The number of benzene rings is 3. The van der Waals surface area contributed by atoms with E-state index in [1.165, 1.54) is 45.8 Å². The van der Waals surface area contributed by atoms with Crippen molar-refractivity contribution in [2.75, 3.05) is 18.0 Å². The lowest BCUT2D eigenvalue weighted by Gasteiger charge is -2.20. The number of aryl methyl sites for hydroxylation is 1. The summed E-state index contributed by atoms with van der Waals surface area (Å²) in [4.78, 5) is 7.36. The van der Waals surface area contributed by atoms with Crippen LogP contribution in [0.5, 0.6) is 0 Å². The maximum Gasteiger partial charge on any atom is 0.0732 e. The summed E-state index contributed by atoms with van der Waals surface area (Å²) in [6.07, 6.45) is 2.58. The second-order valence-corrected chi connectivity index (χ2v) is 7.24. The molecule has 0 N–H and O–H groups in total. The summed E-state index contributed by atoms with van der Waals surface area (Å²) in [5, 5.41) is 3.84. The Labute approximate surface area is 154 Å². The summed E-state index contributed by atoms with van der Waals surface area (Å²) in [6, 6.07) is 24.1. The molecular weight excluding hydrogens is 316 g/mol. The number of anilines is 1. The molecule has 3 aromatic carbocycles. The molecule has 0 unspecified atom stereocenters. The van der Waals surface area contributed by atoms with Gasteiger partial charge in [0.25, 0.3) is 0 Å². The van der Waals surface area contributed by atoms with Crippen molar-refractivity contribution < 1.29 is 0 Å². The van der Waals surface area contributed by atoms with Gasteiger partial charge in [-0.3, -0.25) is 4.98 Å².